The Labute approximate surface area is 174 Å². The Hall–Kier alpha value is -0.610. The fourth-order valence-corrected chi connectivity index (χ4v) is 3.61. The molecule has 0 spiro atoms. The Balaban J connectivity index is 0.00000243. The van der Waals surface area contributed by atoms with Crippen LogP contribution >= 0.6 is 24.0 Å². The van der Waals surface area contributed by atoms with Gasteiger partial charge in [0.1, 0.15) is 0 Å². The molecular weight excluding hydrogens is 445 g/mol. The summed E-state index contributed by atoms with van der Waals surface area (Å²) in [5.41, 5.74) is 0.199. The van der Waals surface area contributed by atoms with Crippen molar-refractivity contribution in [3.05, 3.63) is 0 Å². The summed E-state index contributed by atoms with van der Waals surface area (Å²) in [7, 11) is 0. The molecule has 0 aromatic heterocycles. The number of nitrogens with zero attached hydrogens (tertiary/aromatic N) is 4. The molecule has 3 heterocycles. The maximum atomic E-state index is 12.3. The van der Waals surface area contributed by atoms with Gasteiger partial charge in [0.25, 0.3) is 0 Å². The third kappa shape index (κ3) is 5.69. The van der Waals surface area contributed by atoms with Crippen LogP contribution in [0.2, 0.25) is 0 Å². The fourth-order valence-electron chi connectivity index (χ4n) is 3.61. The number of halogens is 1. The molecule has 0 aromatic rings. The first-order chi connectivity index (χ1) is 12.1. The Bertz CT molecular complexity index is 484. The monoisotopic (exact) mass is 479 g/mol. The van der Waals surface area contributed by atoms with Crippen molar-refractivity contribution in [3.8, 4) is 0 Å². The number of hydrogen-bond donors (Lipinski definition) is 1. The summed E-state index contributed by atoms with van der Waals surface area (Å²) in [6.07, 6.45) is 2.32. The first kappa shape index (κ1) is 21.7. The molecule has 0 bridgehead atoms. The molecule has 1 amide bonds. The zero-order valence-corrected chi connectivity index (χ0v) is 18.5. The van der Waals surface area contributed by atoms with Gasteiger partial charge in [0, 0.05) is 51.2 Å². The van der Waals surface area contributed by atoms with E-state index in [0.717, 1.165) is 84.4 Å². The highest BCUT2D eigenvalue weighted by molar-refractivity contribution is 14.0. The van der Waals surface area contributed by atoms with Crippen molar-refractivity contribution in [3.63, 3.8) is 0 Å². The smallest absolute Gasteiger partial charge is 0.236 e. The van der Waals surface area contributed by atoms with Gasteiger partial charge in [0.2, 0.25) is 5.91 Å². The summed E-state index contributed by atoms with van der Waals surface area (Å²) >= 11 is 0. The largest absolute Gasteiger partial charge is 0.380 e. The number of piperazine rings is 1. The lowest BCUT2D eigenvalue weighted by molar-refractivity contribution is -0.131. The molecule has 7 nitrogen and oxygen atoms in total. The van der Waals surface area contributed by atoms with Gasteiger partial charge in [-0.15, -0.1) is 24.0 Å². The minimum absolute atomic E-state index is 0. The van der Waals surface area contributed by atoms with Gasteiger partial charge in [-0.25, -0.2) is 0 Å². The van der Waals surface area contributed by atoms with E-state index in [4.69, 9.17) is 9.73 Å². The van der Waals surface area contributed by atoms with E-state index in [9.17, 15) is 4.79 Å². The van der Waals surface area contributed by atoms with Crippen molar-refractivity contribution in [1.29, 1.82) is 0 Å². The number of amides is 1. The van der Waals surface area contributed by atoms with Crippen LogP contribution in [0.5, 0.6) is 0 Å². The van der Waals surface area contributed by atoms with Crippen LogP contribution in [0.4, 0.5) is 0 Å². The van der Waals surface area contributed by atoms with E-state index < -0.39 is 0 Å². The van der Waals surface area contributed by atoms with Crippen molar-refractivity contribution >= 4 is 35.8 Å². The molecule has 0 aliphatic carbocycles. The lowest BCUT2D eigenvalue weighted by Gasteiger charge is -2.39. The Morgan fingerprint density at radius 3 is 2.27 bits per heavy atom. The first-order valence-electron chi connectivity index (χ1n) is 9.71. The van der Waals surface area contributed by atoms with Crippen molar-refractivity contribution < 1.29 is 9.53 Å². The average molecular weight is 479 g/mol. The Morgan fingerprint density at radius 2 is 1.73 bits per heavy atom. The molecular formula is C18H34IN5O2. The highest BCUT2D eigenvalue weighted by Crippen LogP contribution is 2.26. The lowest BCUT2D eigenvalue weighted by atomic mass is 9.89. The van der Waals surface area contributed by atoms with Gasteiger partial charge in [0.15, 0.2) is 5.96 Å². The molecule has 0 radical (unpaired) electrons. The molecule has 3 saturated heterocycles. The van der Waals surface area contributed by atoms with E-state index in [1.807, 2.05) is 4.90 Å². The lowest BCUT2D eigenvalue weighted by Crippen LogP contribution is -2.54. The minimum atomic E-state index is 0. The van der Waals surface area contributed by atoms with Crippen LogP contribution in [0.15, 0.2) is 4.99 Å². The van der Waals surface area contributed by atoms with E-state index in [1.165, 1.54) is 0 Å². The highest BCUT2D eigenvalue weighted by Gasteiger charge is 2.33. The number of carbonyl (C=O) groups is 1. The SMILES string of the molecule is CCNC(=NCC1(C)COC1)N1CCN(CC(=O)N2CCCC2)CC1.I. The maximum absolute atomic E-state index is 12.3. The second kappa shape index (κ2) is 10.1. The van der Waals surface area contributed by atoms with Gasteiger partial charge >= 0.3 is 0 Å². The summed E-state index contributed by atoms with van der Waals surface area (Å²) in [4.78, 5) is 23.8. The number of nitrogens with one attached hydrogen (secondary N) is 1. The van der Waals surface area contributed by atoms with Crippen LogP contribution in [0, 0.1) is 5.41 Å². The van der Waals surface area contributed by atoms with Crippen LogP contribution in [-0.4, -0.2) is 98.7 Å². The van der Waals surface area contributed by atoms with Gasteiger partial charge in [-0.2, -0.15) is 0 Å². The van der Waals surface area contributed by atoms with E-state index in [-0.39, 0.29) is 29.4 Å². The van der Waals surface area contributed by atoms with Crippen LogP contribution in [0.3, 0.4) is 0 Å². The summed E-state index contributed by atoms with van der Waals surface area (Å²) in [5, 5.41) is 3.41. The standard InChI is InChI=1S/C18H33N5O2.HI/c1-3-19-17(20-13-18(2)14-25-15-18)23-10-8-21(9-11-23)12-16(24)22-6-4-5-7-22;/h3-15H2,1-2H3,(H,19,20);1H. The van der Waals surface area contributed by atoms with Crippen molar-refractivity contribution in [1.82, 2.24) is 20.0 Å². The van der Waals surface area contributed by atoms with Gasteiger partial charge in [-0.3, -0.25) is 14.7 Å². The number of likely N-dealkylation sites (tertiary alicyclic amines) is 1. The van der Waals surface area contributed by atoms with E-state index >= 15 is 0 Å². The van der Waals surface area contributed by atoms with E-state index in [1.54, 1.807) is 0 Å². The summed E-state index contributed by atoms with van der Waals surface area (Å²) in [6.45, 7) is 13.8. The molecule has 150 valence electrons. The number of rotatable bonds is 5. The van der Waals surface area contributed by atoms with Crippen LogP contribution in [0.1, 0.15) is 26.7 Å². The van der Waals surface area contributed by atoms with Gasteiger partial charge in [-0.1, -0.05) is 6.92 Å². The van der Waals surface area contributed by atoms with E-state index in [2.05, 4.69) is 29.0 Å². The predicted octanol–water partition coefficient (Wildman–Crippen LogP) is 0.846. The fraction of sp³-hybridized carbons (Fsp3) is 0.889. The Kier molecular flexibility index (Phi) is 8.41. The average Bonchev–Trinajstić information content (AvgIpc) is 3.12. The summed E-state index contributed by atoms with van der Waals surface area (Å²) < 4.78 is 5.32. The van der Waals surface area contributed by atoms with Gasteiger partial charge < -0.3 is 19.9 Å². The van der Waals surface area contributed by atoms with Crippen LogP contribution in [-0.2, 0) is 9.53 Å². The van der Waals surface area contributed by atoms with Crippen molar-refractivity contribution in [2.24, 2.45) is 10.4 Å². The molecule has 3 rings (SSSR count). The molecule has 26 heavy (non-hydrogen) atoms. The van der Waals surface area contributed by atoms with E-state index in [0.29, 0.717) is 12.5 Å². The molecule has 1 N–H and O–H groups in total. The highest BCUT2D eigenvalue weighted by atomic mass is 127. The molecule has 3 aliphatic heterocycles. The number of carbonyl (C=O) groups excluding carboxylic acids is 1. The molecule has 3 fully saturated rings. The third-order valence-electron chi connectivity index (χ3n) is 5.34. The second-order valence-electron chi connectivity index (χ2n) is 7.82. The van der Waals surface area contributed by atoms with Crippen molar-refractivity contribution in [2.45, 2.75) is 26.7 Å². The summed E-state index contributed by atoms with van der Waals surface area (Å²) in [6, 6.07) is 0. The third-order valence-corrected chi connectivity index (χ3v) is 5.34. The summed E-state index contributed by atoms with van der Waals surface area (Å²) in [5.74, 6) is 1.30. The molecule has 3 aliphatic rings. The predicted molar refractivity (Wildman–Crippen MR) is 114 cm³/mol. The zero-order valence-electron chi connectivity index (χ0n) is 16.2. The molecule has 8 heteroatoms. The Morgan fingerprint density at radius 1 is 1.08 bits per heavy atom. The molecule has 0 unspecified atom stereocenters. The first-order valence-corrected chi connectivity index (χ1v) is 9.71. The molecule has 0 aromatic carbocycles. The van der Waals surface area contributed by atoms with Crippen LogP contribution < -0.4 is 5.32 Å². The number of guanidine groups is 1. The number of ether oxygens (including phenoxy) is 1. The topological polar surface area (TPSA) is 60.4 Å². The second-order valence-corrected chi connectivity index (χ2v) is 7.82. The molecule has 0 saturated carbocycles. The minimum Gasteiger partial charge on any atom is -0.380 e. The zero-order chi connectivity index (χ0) is 17.7. The quantitative estimate of drug-likeness (QED) is 0.360. The molecule has 0 atom stereocenters. The normalized spacial score (nSPS) is 23.4. The number of aliphatic imine (C=N–C) groups is 1. The van der Waals surface area contributed by atoms with Crippen molar-refractivity contribution in [2.75, 3.05) is 72.1 Å². The van der Waals surface area contributed by atoms with Crippen LogP contribution in [0.25, 0.3) is 0 Å². The number of hydrogen-bond acceptors (Lipinski definition) is 4. The maximum Gasteiger partial charge on any atom is 0.236 e. The van der Waals surface area contributed by atoms with Gasteiger partial charge in [0.05, 0.1) is 26.3 Å². The van der Waals surface area contributed by atoms with Gasteiger partial charge in [-0.05, 0) is 19.8 Å².